The number of nitrogens with one attached hydrogen (secondary N) is 1. The van der Waals surface area contributed by atoms with Gasteiger partial charge in [-0.3, -0.25) is 9.59 Å². The molecule has 2 bridgehead atoms. The largest absolute Gasteiger partial charge is 0.411 e. The molecule has 2 unspecified atom stereocenters. The number of anilines is 1. The fraction of sp³-hybridized carbons (Fsp3) is 0.471. The van der Waals surface area contributed by atoms with Crippen molar-refractivity contribution in [2.24, 2.45) is 21.4 Å². The highest BCUT2D eigenvalue weighted by molar-refractivity contribution is 6.51. The fourth-order valence-electron chi connectivity index (χ4n) is 4.23. The molecule has 1 aromatic carbocycles. The third-order valence-corrected chi connectivity index (χ3v) is 6.41. The van der Waals surface area contributed by atoms with Gasteiger partial charge in [-0.25, -0.2) is 0 Å². The standard InChI is InChI=1S/C17H19ClN2O3/c1-15(2)16(3)8-9-17(15,13(21)12(16)20-23)14(22)19-11-6-4-10(18)5-7-11/h4-7,23H,8-9H2,1-3H3,(H,19,22). The number of fused-ring (bicyclic) bond motifs is 2. The van der Waals surface area contributed by atoms with Crippen LogP contribution in [0.15, 0.2) is 29.4 Å². The molecule has 0 heterocycles. The summed E-state index contributed by atoms with van der Waals surface area (Å²) in [5.74, 6) is -0.720. The summed E-state index contributed by atoms with van der Waals surface area (Å²) in [6, 6.07) is 6.74. The van der Waals surface area contributed by atoms with E-state index in [1.54, 1.807) is 24.3 Å². The molecule has 2 aliphatic rings. The summed E-state index contributed by atoms with van der Waals surface area (Å²) >= 11 is 5.85. The lowest BCUT2D eigenvalue weighted by Crippen LogP contribution is -2.47. The van der Waals surface area contributed by atoms with Crippen molar-refractivity contribution in [1.82, 2.24) is 0 Å². The van der Waals surface area contributed by atoms with Gasteiger partial charge in [-0.1, -0.05) is 37.5 Å². The van der Waals surface area contributed by atoms with Gasteiger partial charge in [0.1, 0.15) is 11.1 Å². The van der Waals surface area contributed by atoms with E-state index in [1.165, 1.54) is 0 Å². The fourth-order valence-corrected chi connectivity index (χ4v) is 4.35. The summed E-state index contributed by atoms with van der Waals surface area (Å²) in [7, 11) is 0. The van der Waals surface area contributed by atoms with Crippen LogP contribution >= 0.6 is 11.6 Å². The van der Waals surface area contributed by atoms with Crippen LogP contribution in [0.5, 0.6) is 0 Å². The second-order valence-electron chi connectivity index (χ2n) is 7.10. The predicted octanol–water partition coefficient (Wildman–Crippen LogP) is 3.50. The van der Waals surface area contributed by atoms with Gasteiger partial charge in [-0.05, 0) is 42.5 Å². The van der Waals surface area contributed by atoms with Crippen LogP contribution in [0.4, 0.5) is 5.69 Å². The Hall–Kier alpha value is -1.88. The van der Waals surface area contributed by atoms with Crippen molar-refractivity contribution >= 4 is 34.7 Å². The number of ketones is 1. The molecule has 6 heteroatoms. The van der Waals surface area contributed by atoms with Crippen molar-refractivity contribution in [2.75, 3.05) is 5.32 Å². The number of rotatable bonds is 2. The Labute approximate surface area is 139 Å². The molecule has 2 saturated carbocycles. The zero-order chi connectivity index (χ0) is 17.0. The topological polar surface area (TPSA) is 78.8 Å². The second-order valence-corrected chi connectivity index (χ2v) is 7.54. The van der Waals surface area contributed by atoms with Gasteiger partial charge < -0.3 is 10.5 Å². The van der Waals surface area contributed by atoms with Crippen LogP contribution in [0.3, 0.4) is 0 Å². The van der Waals surface area contributed by atoms with Gasteiger partial charge in [0.25, 0.3) is 0 Å². The molecule has 0 saturated heterocycles. The minimum Gasteiger partial charge on any atom is -0.411 e. The Morgan fingerprint density at radius 3 is 2.35 bits per heavy atom. The Kier molecular flexibility index (Phi) is 3.34. The molecule has 3 rings (SSSR count). The lowest BCUT2D eigenvalue weighted by Gasteiger charge is -2.37. The first kappa shape index (κ1) is 16.0. The molecule has 1 amide bonds. The van der Waals surface area contributed by atoms with E-state index in [4.69, 9.17) is 11.6 Å². The maximum Gasteiger partial charge on any atom is 0.239 e. The van der Waals surface area contributed by atoms with E-state index < -0.39 is 16.2 Å². The molecule has 2 fully saturated rings. The Bertz CT molecular complexity index is 726. The van der Waals surface area contributed by atoms with Crippen LogP contribution < -0.4 is 5.32 Å². The van der Waals surface area contributed by atoms with Crippen molar-refractivity contribution in [1.29, 1.82) is 0 Å². The van der Waals surface area contributed by atoms with E-state index in [-0.39, 0.29) is 17.4 Å². The predicted molar refractivity (Wildman–Crippen MR) is 87.9 cm³/mol. The molecule has 5 nitrogen and oxygen atoms in total. The molecule has 2 N–H and O–H groups in total. The maximum absolute atomic E-state index is 13.0. The molecular formula is C17H19ClN2O3. The van der Waals surface area contributed by atoms with Gasteiger partial charge in [0.2, 0.25) is 5.91 Å². The van der Waals surface area contributed by atoms with Gasteiger partial charge >= 0.3 is 0 Å². The molecule has 0 radical (unpaired) electrons. The number of oxime groups is 1. The molecule has 2 aliphatic carbocycles. The molecule has 122 valence electrons. The van der Waals surface area contributed by atoms with Gasteiger partial charge in [0.15, 0.2) is 5.78 Å². The average Bonchev–Trinajstić information content (AvgIpc) is 2.77. The van der Waals surface area contributed by atoms with Crippen LogP contribution in [0, 0.1) is 16.2 Å². The van der Waals surface area contributed by atoms with Crippen LogP contribution in [0.1, 0.15) is 33.6 Å². The maximum atomic E-state index is 13.0. The third kappa shape index (κ3) is 1.77. The van der Waals surface area contributed by atoms with E-state index in [1.807, 2.05) is 20.8 Å². The Morgan fingerprint density at radius 2 is 1.83 bits per heavy atom. The van der Waals surface area contributed by atoms with Crippen LogP contribution in [-0.4, -0.2) is 22.6 Å². The first-order valence-electron chi connectivity index (χ1n) is 7.55. The summed E-state index contributed by atoms with van der Waals surface area (Å²) in [6.45, 7) is 5.69. The second kappa shape index (κ2) is 4.81. The molecule has 2 atom stereocenters. The van der Waals surface area contributed by atoms with Gasteiger partial charge in [-0.15, -0.1) is 0 Å². The number of Topliss-reactive ketones (excluding diaryl/α,β-unsaturated/α-hetero) is 1. The number of carbonyl (C=O) groups excluding carboxylic acids is 2. The molecule has 0 spiro atoms. The minimum absolute atomic E-state index is 0.111. The quantitative estimate of drug-likeness (QED) is 0.493. The normalized spacial score (nSPS) is 33.2. The highest BCUT2D eigenvalue weighted by atomic mass is 35.5. The summed E-state index contributed by atoms with van der Waals surface area (Å²) in [5, 5.41) is 15.9. The highest BCUT2D eigenvalue weighted by Gasteiger charge is 2.76. The number of carbonyl (C=O) groups is 2. The summed E-state index contributed by atoms with van der Waals surface area (Å²) in [4.78, 5) is 25.9. The highest BCUT2D eigenvalue weighted by Crippen LogP contribution is 2.69. The minimum atomic E-state index is -1.21. The molecule has 0 aliphatic heterocycles. The van der Waals surface area contributed by atoms with Crippen molar-refractivity contribution in [3.63, 3.8) is 0 Å². The number of hydrogen-bond donors (Lipinski definition) is 2. The molecular weight excluding hydrogens is 316 g/mol. The first-order valence-corrected chi connectivity index (χ1v) is 7.93. The lowest BCUT2D eigenvalue weighted by atomic mass is 9.64. The van der Waals surface area contributed by atoms with Crippen molar-refractivity contribution < 1.29 is 14.8 Å². The van der Waals surface area contributed by atoms with E-state index >= 15 is 0 Å². The summed E-state index contributed by atoms with van der Waals surface area (Å²) < 4.78 is 0. The average molecular weight is 335 g/mol. The third-order valence-electron chi connectivity index (χ3n) is 6.16. The van der Waals surface area contributed by atoms with Gasteiger partial charge in [0, 0.05) is 16.1 Å². The number of nitrogens with zero attached hydrogens (tertiary/aromatic N) is 1. The van der Waals surface area contributed by atoms with E-state index in [0.717, 1.165) is 0 Å². The van der Waals surface area contributed by atoms with Crippen LogP contribution in [-0.2, 0) is 9.59 Å². The zero-order valence-corrected chi connectivity index (χ0v) is 14.1. The Morgan fingerprint density at radius 1 is 1.22 bits per heavy atom. The van der Waals surface area contributed by atoms with E-state index in [9.17, 15) is 14.8 Å². The van der Waals surface area contributed by atoms with Crippen LogP contribution in [0.25, 0.3) is 0 Å². The number of amides is 1. The lowest BCUT2D eigenvalue weighted by molar-refractivity contribution is -0.140. The van der Waals surface area contributed by atoms with E-state index in [0.29, 0.717) is 23.6 Å². The summed E-state index contributed by atoms with van der Waals surface area (Å²) in [5.41, 5.74) is -1.74. The smallest absolute Gasteiger partial charge is 0.239 e. The van der Waals surface area contributed by atoms with Crippen molar-refractivity contribution in [3.05, 3.63) is 29.3 Å². The van der Waals surface area contributed by atoms with Gasteiger partial charge in [0.05, 0.1) is 0 Å². The number of benzene rings is 1. The van der Waals surface area contributed by atoms with E-state index in [2.05, 4.69) is 10.5 Å². The van der Waals surface area contributed by atoms with Crippen molar-refractivity contribution in [2.45, 2.75) is 33.6 Å². The summed E-state index contributed by atoms with van der Waals surface area (Å²) in [6.07, 6.45) is 1.09. The number of halogens is 1. The van der Waals surface area contributed by atoms with Gasteiger partial charge in [-0.2, -0.15) is 0 Å². The SMILES string of the molecule is CC12CCC(C(=O)Nc3ccc(Cl)cc3)(C(=O)C1=NO)C2(C)C. The van der Waals surface area contributed by atoms with Crippen molar-refractivity contribution in [3.8, 4) is 0 Å². The number of hydrogen-bond acceptors (Lipinski definition) is 4. The molecule has 1 aromatic rings. The zero-order valence-electron chi connectivity index (χ0n) is 13.3. The molecule has 0 aromatic heterocycles. The molecule has 23 heavy (non-hydrogen) atoms. The van der Waals surface area contributed by atoms with Crippen LogP contribution in [0.2, 0.25) is 5.02 Å². The monoisotopic (exact) mass is 334 g/mol. The Balaban J connectivity index is 2.02. The first-order chi connectivity index (χ1) is 10.7.